The number of benzene rings is 3. The number of carboxylic acids is 1. The number of nitrogens with one attached hydrogen (secondary N) is 2. The number of ether oxygens (including phenoxy) is 1. The molecule has 9 heteroatoms. The molecule has 3 aromatic carbocycles. The molecular weight excluding hydrogens is 499 g/mol. The molecule has 0 saturated carbocycles. The van der Waals surface area contributed by atoms with Crippen LogP contribution in [0.1, 0.15) is 42.4 Å². The molecule has 0 aliphatic carbocycles. The molecule has 1 unspecified atom stereocenters. The predicted octanol–water partition coefficient (Wildman–Crippen LogP) is 5.22. The van der Waals surface area contributed by atoms with Crippen molar-refractivity contribution in [2.45, 2.75) is 38.1 Å². The van der Waals surface area contributed by atoms with Gasteiger partial charge < -0.3 is 20.5 Å². The van der Waals surface area contributed by atoms with E-state index in [-0.39, 0.29) is 36.7 Å². The Morgan fingerprint density at radius 2 is 1.78 bits per heavy atom. The number of hydrogen-bond donors (Lipinski definition) is 4. The van der Waals surface area contributed by atoms with Gasteiger partial charge in [0.05, 0.1) is 17.8 Å². The van der Waals surface area contributed by atoms with Gasteiger partial charge in [-0.3, -0.25) is 15.6 Å². The zero-order valence-corrected chi connectivity index (χ0v) is 21.7. The molecule has 1 saturated heterocycles. The number of likely N-dealkylation sites (tertiary alicyclic amines) is 1. The number of carbonyl (C=O) groups is 1. The summed E-state index contributed by atoms with van der Waals surface area (Å²) in [6.07, 6.45) is 2.43. The van der Waals surface area contributed by atoms with Crippen molar-refractivity contribution in [3.05, 3.63) is 77.4 Å². The van der Waals surface area contributed by atoms with Gasteiger partial charge >= 0.3 is 5.97 Å². The second kappa shape index (κ2) is 12.6. The smallest absolute Gasteiger partial charge is 0.311 e. The van der Waals surface area contributed by atoms with Crippen molar-refractivity contribution in [1.29, 1.82) is 10.8 Å². The number of carboxylic acid groups (broad SMARTS) is 1. The lowest BCUT2D eigenvalue weighted by Crippen LogP contribution is -2.37. The number of nitrogens with two attached hydrogens (primary N) is 1. The Bertz CT molecular complexity index is 1230. The number of hydrogen-bond acceptors (Lipinski definition) is 4. The third-order valence-corrected chi connectivity index (χ3v) is 6.49. The van der Waals surface area contributed by atoms with Crippen LogP contribution in [0.2, 0.25) is 0 Å². The highest BCUT2D eigenvalue weighted by atomic mass is 35.5. The van der Waals surface area contributed by atoms with Crippen LogP contribution in [-0.4, -0.2) is 46.8 Å². The van der Waals surface area contributed by atoms with Gasteiger partial charge in [0.2, 0.25) is 0 Å². The summed E-state index contributed by atoms with van der Waals surface area (Å²) in [5, 5.41) is 27.4. The average molecular weight is 531 g/mol. The minimum Gasteiger partial charge on any atom is -0.491 e. The minimum atomic E-state index is -0.880. The molecule has 3 aromatic rings. The first kappa shape index (κ1) is 28.9. The van der Waals surface area contributed by atoms with E-state index >= 15 is 0 Å². The van der Waals surface area contributed by atoms with E-state index < -0.39 is 11.9 Å². The third-order valence-electron chi connectivity index (χ3n) is 6.49. The summed E-state index contributed by atoms with van der Waals surface area (Å²) in [7, 11) is 0. The van der Waals surface area contributed by atoms with Crippen LogP contribution >= 0.6 is 24.8 Å². The van der Waals surface area contributed by atoms with Gasteiger partial charge in [0, 0.05) is 12.1 Å². The van der Waals surface area contributed by atoms with E-state index in [4.69, 9.17) is 21.3 Å². The molecule has 0 aromatic heterocycles. The first-order chi connectivity index (χ1) is 16.3. The fraction of sp³-hybridized carbons (Fsp3) is 0.296. The van der Waals surface area contributed by atoms with Gasteiger partial charge in [0.1, 0.15) is 18.2 Å². The minimum absolute atomic E-state index is 0. The zero-order chi connectivity index (χ0) is 24.2. The molecule has 1 aliphatic heterocycles. The van der Waals surface area contributed by atoms with E-state index in [1.54, 1.807) is 6.92 Å². The van der Waals surface area contributed by atoms with Gasteiger partial charge in [-0.1, -0.05) is 42.5 Å². The standard InChI is InChI=1S/C27H30N4O3.2ClH/c1-17(28)31-12-2-3-23(31)16-34-24-10-8-20(9-11-24)25(27(32)33)14-18-4-5-19-6-7-21(26(29)30)15-22(19)13-18;;/h4-11,13,15,23,25,28H,2-3,12,14,16H2,1H3,(H3,29,30)(H,32,33);2*1H/t23-,25?;;/m0../s1. The molecule has 0 bridgehead atoms. The molecule has 2 atom stereocenters. The monoisotopic (exact) mass is 530 g/mol. The number of amidine groups is 2. The number of halogens is 2. The van der Waals surface area contributed by atoms with Crippen molar-refractivity contribution in [3.63, 3.8) is 0 Å². The maximum atomic E-state index is 12.1. The zero-order valence-electron chi connectivity index (χ0n) is 20.1. The molecular formula is C27H32Cl2N4O3. The lowest BCUT2D eigenvalue weighted by Gasteiger charge is -2.25. The van der Waals surface area contributed by atoms with Crippen LogP contribution in [0.4, 0.5) is 0 Å². The lowest BCUT2D eigenvalue weighted by atomic mass is 9.91. The Kier molecular flexibility index (Phi) is 10.1. The molecule has 0 spiro atoms. The Hall–Kier alpha value is -3.29. The van der Waals surface area contributed by atoms with Gasteiger partial charge in [0.15, 0.2) is 0 Å². The van der Waals surface area contributed by atoms with E-state index in [9.17, 15) is 9.90 Å². The van der Waals surface area contributed by atoms with E-state index in [1.165, 1.54) is 0 Å². The summed E-state index contributed by atoms with van der Waals surface area (Å²) >= 11 is 0. The first-order valence-corrected chi connectivity index (χ1v) is 11.5. The maximum Gasteiger partial charge on any atom is 0.311 e. The normalized spacial score (nSPS) is 15.5. The quantitative estimate of drug-likeness (QED) is 0.235. The fourth-order valence-electron chi connectivity index (χ4n) is 4.61. The fourth-order valence-corrected chi connectivity index (χ4v) is 4.61. The van der Waals surface area contributed by atoms with Crippen LogP contribution in [0.25, 0.3) is 10.8 Å². The Labute approximate surface area is 223 Å². The average Bonchev–Trinajstić information content (AvgIpc) is 3.30. The van der Waals surface area contributed by atoms with Crippen LogP contribution in [0, 0.1) is 10.8 Å². The summed E-state index contributed by atoms with van der Waals surface area (Å²) < 4.78 is 5.95. The second-order valence-electron chi connectivity index (χ2n) is 8.86. The summed E-state index contributed by atoms with van der Waals surface area (Å²) in [5.74, 6) is -0.295. The van der Waals surface area contributed by atoms with Crippen LogP contribution in [0.3, 0.4) is 0 Å². The second-order valence-corrected chi connectivity index (χ2v) is 8.86. The molecule has 36 heavy (non-hydrogen) atoms. The van der Waals surface area contributed by atoms with Crippen LogP contribution in [-0.2, 0) is 11.2 Å². The summed E-state index contributed by atoms with van der Waals surface area (Å²) in [5.41, 5.74) is 7.88. The van der Waals surface area contributed by atoms with Crippen molar-refractivity contribution in [1.82, 2.24) is 4.90 Å². The largest absolute Gasteiger partial charge is 0.491 e. The first-order valence-electron chi connectivity index (χ1n) is 11.5. The Balaban J connectivity index is 0.00000228. The van der Waals surface area contributed by atoms with Crippen molar-refractivity contribution >= 4 is 53.2 Å². The van der Waals surface area contributed by atoms with Crippen molar-refractivity contribution < 1.29 is 14.6 Å². The molecule has 0 radical (unpaired) electrons. The highest BCUT2D eigenvalue weighted by Gasteiger charge is 2.25. The van der Waals surface area contributed by atoms with E-state index in [0.717, 1.165) is 41.3 Å². The number of nitrogen functional groups attached to an aromatic ring is 1. The van der Waals surface area contributed by atoms with E-state index in [1.807, 2.05) is 60.7 Å². The van der Waals surface area contributed by atoms with Crippen LogP contribution in [0.5, 0.6) is 5.75 Å². The van der Waals surface area contributed by atoms with Gasteiger partial charge in [-0.25, -0.2) is 0 Å². The summed E-state index contributed by atoms with van der Waals surface area (Å²) in [4.78, 5) is 14.2. The summed E-state index contributed by atoms with van der Waals surface area (Å²) in [6.45, 7) is 3.21. The molecule has 5 N–H and O–H groups in total. The van der Waals surface area contributed by atoms with Gasteiger partial charge in [-0.2, -0.15) is 0 Å². The maximum absolute atomic E-state index is 12.1. The van der Waals surface area contributed by atoms with Gasteiger partial charge in [-0.05, 0) is 66.3 Å². The van der Waals surface area contributed by atoms with Crippen LogP contribution in [0.15, 0.2) is 60.7 Å². The SMILES string of the molecule is CC(=N)N1CCC[C@H]1COc1ccc(C(Cc2ccc3ccc(C(=N)N)cc3c2)C(=O)O)cc1.Cl.Cl. The number of fused-ring (bicyclic) bond motifs is 1. The third kappa shape index (κ3) is 6.68. The van der Waals surface area contributed by atoms with Crippen molar-refractivity contribution in [2.24, 2.45) is 5.73 Å². The highest BCUT2D eigenvalue weighted by molar-refractivity contribution is 5.99. The molecule has 1 aliphatic rings. The van der Waals surface area contributed by atoms with Gasteiger partial charge in [0.25, 0.3) is 0 Å². The molecule has 1 heterocycles. The topological polar surface area (TPSA) is 123 Å². The Morgan fingerprint density at radius 1 is 1.08 bits per heavy atom. The number of nitrogens with zero attached hydrogens (tertiary/aromatic N) is 1. The number of aliphatic carboxylic acids is 1. The molecule has 192 valence electrons. The highest BCUT2D eigenvalue weighted by Crippen LogP contribution is 2.27. The van der Waals surface area contributed by atoms with Gasteiger partial charge in [-0.15, -0.1) is 24.8 Å². The number of rotatable bonds is 8. The lowest BCUT2D eigenvalue weighted by molar-refractivity contribution is -0.138. The Morgan fingerprint density at radius 3 is 2.42 bits per heavy atom. The molecule has 1 fully saturated rings. The molecule has 4 rings (SSSR count). The van der Waals surface area contributed by atoms with Crippen LogP contribution < -0.4 is 10.5 Å². The van der Waals surface area contributed by atoms with Crippen molar-refractivity contribution in [2.75, 3.05) is 13.2 Å². The predicted molar refractivity (Wildman–Crippen MR) is 149 cm³/mol. The van der Waals surface area contributed by atoms with E-state index in [2.05, 4.69) is 4.90 Å². The molecule has 0 amide bonds. The van der Waals surface area contributed by atoms with E-state index in [0.29, 0.717) is 30.2 Å². The van der Waals surface area contributed by atoms with Crippen molar-refractivity contribution in [3.8, 4) is 5.75 Å². The molecule has 7 nitrogen and oxygen atoms in total. The summed E-state index contributed by atoms with van der Waals surface area (Å²) in [6, 6.07) is 18.9.